The molecule has 0 radical (unpaired) electrons. The second-order valence-electron chi connectivity index (χ2n) is 33.6. The van der Waals surface area contributed by atoms with Gasteiger partial charge >= 0.3 is 0 Å². The fourth-order valence-electron chi connectivity index (χ4n) is 17.4. The van der Waals surface area contributed by atoms with E-state index in [0.717, 1.165) is 129 Å². The average molecular weight is 1800 g/mol. The summed E-state index contributed by atoms with van der Waals surface area (Å²) < 4.78 is 19.9. The van der Waals surface area contributed by atoms with E-state index in [1.165, 1.54) is 102 Å². The van der Waals surface area contributed by atoms with Crippen LogP contribution in [0.25, 0.3) is 44.6 Å². The number of likely N-dealkylation sites (tertiary alicyclic amines) is 2. The van der Waals surface area contributed by atoms with Crippen LogP contribution in [0, 0.1) is 11.7 Å². The van der Waals surface area contributed by atoms with Gasteiger partial charge in [0.25, 0.3) is 45.9 Å². The number of aromatic nitrogens is 8. The smallest absolute Gasteiger partial charge is 0.271 e. The number of anilines is 11. The molecule has 0 saturated carbocycles. The van der Waals surface area contributed by atoms with E-state index < -0.39 is 16.9 Å². The fourth-order valence-corrected chi connectivity index (χ4v) is 17.4. The van der Waals surface area contributed by atoms with Crippen LogP contribution in [0.3, 0.4) is 0 Å². The molecule has 6 aliphatic heterocycles. The first-order valence-electron chi connectivity index (χ1n) is 45.5. The fraction of sp³-hybridized carbons (Fsp3) is 0.320. The molecule has 690 valence electrons. The maximum Gasteiger partial charge on any atom is 0.271 e. The van der Waals surface area contributed by atoms with Gasteiger partial charge < -0.3 is 102 Å². The Morgan fingerprint density at radius 3 is 1.22 bits per heavy atom. The number of ether oxygens (including phenoxy) is 1. The maximum absolute atomic E-state index is 14.0. The molecule has 13 heterocycles. The third-order valence-corrected chi connectivity index (χ3v) is 24.7. The number of nitrogens with one attached hydrogen (secondary N) is 14. The number of halogens is 1. The van der Waals surface area contributed by atoms with Gasteiger partial charge in [-0.05, 0) is 290 Å². The Balaban J connectivity index is 0.000000136. The van der Waals surface area contributed by atoms with Crippen molar-refractivity contribution in [2.24, 2.45) is 5.92 Å². The predicted molar refractivity (Wildman–Crippen MR) is 525 cm³/mol. The summed E-state index contributed by atoms with van der Waals surface area (Å²) in [6, 6.07) is 51.0. The van der Waals surface area contributed by atoms with Crippen molar-refractivity contribution in [1.82, 2.24) is 60.3 Å². The Morgan fingerprint density at radius 2 is 0.782 bits per heavy atom. The topological polar surface area (TPSA) is 397 Å². The number of piperidine rings is 1. The van der Waals surface area contributed by atoms with Crippen molar-refractivity contribution in [2.45, 2.75) is 76.3 Å². The molecule has 5 aromatic carbocycles. The monoisotopic (exact) mass is 1800 g/mol. The van der Waals surface area contributed by atoms with Crippen LogP contribution in [0.5, 0.6) is 5.75 Å². The highest BCUT2D eigenvalue weighted by atomic mass is 19.1. The number of benzene rings is 5. The highest BCUT2D eigenvalue weighted by Crippen LogP contribution is 2.33. The summed E-state index contributed by atoms with van der Waals surface area (Å²) in [6.07, 6.45) is 23.3. The molecule has 0 spiro atoms. The summed E-state index contributed by atoms with van der Waals surface area (Å²) in [7, 11) is 7.06. The van der Waals surface area contributed by atoms with Gasteiger partial charge in [0.15, 0.2) is 0 Å². The van der Waals surface area contributed by atoms with Crippen LogP contribution >= 0.6 is 0 Å². The van der Waals surface area contributed by atoms with E-state index >= 15 is 0 Å². The van der Waals surface area contributed by atoms with Gasteiger partial charge in [0.05, 0.1) is 12.3 Å². The number of nitrogens with zero attached hydrogens (tertiary/aromatic N) is 9. The van der Waals surface area contributed by atoms with Crippen molar-refractivity contribution in [3.8, 4) is 50.4 Å². The quantitative estimate of drug-likeness (QED) is 0.0239. The number of H-pyrrole nitrogens is 4. The first kappa shape index (κ1) is 93.0. The van der Waals surface area contributed by atoms with Gasteiger partial charge in [0, 0.05) is 203 Å². The molecule has 4 amide bonds. The van der Waals surface area contributed by atoms with Crippen molar-refractivity contribution in [3.63, 3.8) is 0 Å². The van der Waals surface area contributed by atoms with Crippen LogP contribution in [0.1, 0.15) is 106 Å². The minimum absolute atomic E-state index is 0.113. The molecule has 7 aromatic heterocycles. The maximum atomic E-state index is 14.0. The number of piperazine rings is 1. The zero-order chi connectivity index (χ0) is 92.5. The third kappa shape index (κ3) is 24.9. The van der Waals surface area contributed by atoms with Crippen LogP contribution < -0.4 is 94.8 Å². The number of hydrogen-bond acceptors (Lipinski definition) is 24. The second-order valence-corrected chi connectivity index (χ2v) is 33.6. The van der Waals surface area contributed by atoms with Crippen molar-refractivity contribution >= 4 is 86.6 Å². The van der Waals surface area contributed by atoms with Crippen molar-refractivity contribution in [1.29, 1.82) is 0 Å². The SMILES string of the molecule is CNc1cc(-c2c[nH]c(=O)c(NC(=O)c3ccc(N4CCC[C@H]4CN4CCCC4)cc3)c2)ccn1.CNc1cc(-c2c[nH]c(=O)c(NC(=O)c3ccc(N4CCNCC4)cc3)c2)ccn1.CNc1cc(-c2c[nH]c(=O)c(NC(=O)c3ccc(OCC4CCNCC4)cc3)c2)ncn1.CNc1cc(F)cc(-c2c[nH]c(=O)c(NC(=O)c3ccc(N4CCC[C@H]4CN4CCCC4)cc3)c2)c1. The van der Waals surface area contributed by atoms with Gasteiger partial charge in [-0.1, -0.05) is 0 Å². The number of amides is 4. The summed E-state index contributed by atoms with van der Waals surface area (Å²) in [6.45, 7) is 15.6. The minimum atomic E-state index is -0.421. The van der Waals surface area contributed by atoms with E-state index in [1.54, 1.807) is 144 Å². The molecular weight excluding hydrogens is 1690 g/mol. The van der Waals surface area contributed by atoms with Crippen LogP contribution in [0.15, 0.2) is 233 Å². The van der Waals surface area contributed by atoms with Gasteiger partial charge in [-0.3, -0.25) is 38.4 Å². The summed E-state index contributed by atoms with van der Waals surface area (Å²) in [5.74, 6) is 1.60. The molecule has 33 heteroatoms. The Kier molecular flexibility index (Phi) is 31.6. The number of rotatable bonds is 26. The van der Waals surface area contributed by atoms with Crippen molar-refractivity contribution < 1.29 is 28.3 Å². The van der Waals surface area contributed by atoms with E-state index in [2.05, 4.69) is 118 Å². The zero-order valence-electron chi connectivity index (χ0n) is 75.2. The molecule has 0 bridgehead atoms. The van der Waals surface area contributed by atoms with Crippen molar-refractivity contribution in [3.05, 3.63) is 283 Å². The molecule has 0 unspecified atom stereocenters. The zero-order valence-corrected chi connectivity index (χ0v) is 75.2. The largest absolute Gasteiger partial charge is 0.493 e. The number of carbonyl (C=O) groups excluding carboxylic acids is 4. The molecule has 6 fully saturated rings. The summed E-state index contributed by atoms with van der Waals surface area (Å²) in [4.78, 5) is 140. The molecule has 6 aliphatic rings. The van der Waals surface area contributed by atoms with E-state index in [-0.39, 0.29) is 57.5 Å². The number of hydrogen-bond donors (Lipinski definition) is 14. The average Bonchev–Trinajstić information content (AvgIpc) is 1.41. The van der Waals surface area contributed by atoms with Gasteiger partial charge in [-0.2, -0.15) is 0 Å². The lowest BCUT2D eigenvalue weighted by Crippen LogP contribution is -2.43. The lowest BCUT2D eigenvalue weighted by molar-refractivity contribution is 0.101. The summed E-state index contributed by atoms with van der Waals surface area (Å²) in [5.41, 5.74) is 10.8. The molecule has 6 saturated heterocycles. The Morgan fingerprint density at radius 1 is 0.383 bits per heavy atom. The lowest BCUT2D eigenvalue weighted by Gasteiger charge is -2.30. The highest BCUT2D eigenvalue weighted by molar-refractivity contribution is 6.07. The Hall–Kier alpha value is -14.7. The highest BCUT2D eigenvalue weighted by Gasteiger charge is 2.31. The molecule has 0 aliphatic carbocycles. The standard InChI is InChI=1S/C28H32FN5O2.C27H32N6O2.C23H26N6O3.C22H24N6O2/c1-30-23-14-20(13-22(29)16-23)21-15-26(28(36)31-17-21)32-27(35)19-6-8-24(9-7-19)34-12-4-5-25(34)18-33-10-2-3-11-33;1-28-25-16-20(10-11-29-25)21-15-24(27(35)30-17-21)31-26(34)19-6-8-22(9-7-19)33-14-4-5-23(33)18-32-12-2-3-13-32;1-24-21-11-19(27-14-28-21)17-10-20(23(31)26-12-17)29-22(30)16-2-4-18(5-3-16)32-13-15-6-8-25-9-7-15;1-23-20-13-16(6-7-25-20)17-12-19(22(30)26-14-17)27-21(29)15-2-4-18(5-3-15)28-10-8-24-9-11-28/h6-9,13-17,25,30H,2-5,10-12,18H2,1H3,(H,31,36)(H,32,35);6-11,15-17,23H,2-5,12-14,18H2,1H3,(H,28,29)(H,30,35)(H,31,34);2-5,10-12,14-15,25H,6-9,13H2,1H3,(H,26,31)(H,29,30)(H,24,27,28);2-7,12-14,24H,8-11H2,1H3,(H,23,25)(H,26,30)(H,27,29)/t25-;23-;;/m00../s1. The van der Waals surface area contributed by atoms with Crippen LogP contribution in [-0.2, 0) is 0 Å². The molecule has 2 atom stereocenters. The normalized spacial score (nSPS) is 16.1. The molecular formula is C100H114FN23O9. The molecule has 32 nitrogen and oxygen atoms in total. The minimum Gasteiger partial charge on any atom is -0.493 e. The molecule has 133 heavy (non-hydrogen) atoms. The van der Waals surface area contributed by atoms with Gasteiger partial charge in [-0.15, -0.1) is 0 Å². The van der Waals surface area contributed by atoms with E-state index in [1.807, 2.05) is 72.8 Å². The number of carbonyl (C=O) groups is 4. The Bertz CT molecular complexity index is 6230. The van der Waals surface area contributed by atoms with Crippen LogP contribution in [0.4, 0.5) is 67.3 Å². The lowest BCUT2D eigenvalue weighted by atomic mass is 9.99. The summed E-state index contributed by atoms with van der Waals surface area (Å²) >= 11 is 0. The Labute approximate surface area is 770 Å². The summed E-state index contributed by atoms with van der Waals surface area (Å²) in [5, 5.41) is 29.4. The predicted octanol–water partition coefficient (Wildman–Crippen LogP) is 13.0. The van der Waals surface area contributed by atoms with Crippen LogP contribution in [0.2, 0.25) is 0 Å². The molecule has 18 rings (SSSR count). The van der Waals surface area contributed by atoms with E-state index in [9.17, 15) is 42.7 Å². The van der Waals surface area contributed by atoms with Crippen LogP contribution in [-0.4, -0.2) is 212 Å². The number of pyridine rings is 6. The second kappa shape index (κ2) is 45.2. The third-order valence-electron chi connectivity index (χ3n) is 24.7. The van der Waals surface area contributed by atoms with Gasteiger partial charge in [0.2, 0.25) is 0 Å². The van der Waals surface area contributed by atoms with Gasteiger partial charge in [0.1, 0.15) is 58.1 Å². The molecule has 14 N–H and O–H groups in total. The first-order valence-corrected chi connectivity index (χ1v) is 45.5. The van der Waals surface area contributed by atoms with Gasteiger partial charge in [-0.25, -0.2) is 24.3 Å². The van der Waals surface area contributed by atoms with E-state index in [0.29, 0.717) is 86.6 Å². The molecule has 12 aromatic rings. The number of aromatic amines is 4. The van der Waals surface area contributed by atoms with Crippen molar-refractivity contribution in [2.75, 3.05) is 184 Å². The first-order chi connectivity index (χ1) is 64.9. The van der Waals surface area contributed by atoms with E-state index in [4.69, 9.17) is 4.74 Å².